The van der Waals surface area contributed by atoms with E-state index in [0.29, 0.717) is 40.5 Å². The van der Waals surface area contributed by atoms with Gasteiger partial charge in [0.05, 0.1) is 12.0 Å². The minimum Gasteiger partial charge on any atom is -0.460 e. The maximum absolute atomic E-state index is 13.2. The zero-order valence-corrected chi connectivity index (χ0v) is 18.7. The second kappa shape index (κ2) is 7.80. The standard InChI is InChI=1S/C24H26ClNO6/c1-2-30-22(29)26-17-3-4-18-16(6-20(27)32-19(18)7-17)12-31-21(28)23-8-14-5-15(9-23)11-24(25,10-14)13-23/h3-4,6-7,14-15H,2,5,8-13H2,1H3,(H,26,29)/t14-,15-,23?,24?/m1/s1. The molecule has 4 bridgehead atoms. The number of fused-ring (bicyclic) bond motifs is 1. The Balaban J connectivity index is 1.35. The lowest BCUT2D eigenvalue weighted by Gasteiger charge is -2.58. The highest BCUT2D eigenvalue weighted by molar-refractivity contribution is 6.24. The molecule has 1 heterocycles. The Morgan fingerprint density at radius 3 is 2.59 bits per heavy atom. The van der Waals surface area contributed by atoms with E-state index < -0.39 is 17.1 Å². The molecule has 8 heteroatoms. The van der Waals surface area contributed by atoms with E-state index in [1.807, 2.05) is 0 Å². The Morgan fingerprint density at radius 1 is 1.16 bits per heavy atom. The number of ether oxygens (including phenoxy) is 2. The molecule has 0 saturated heterocycles. The molecular formula is C24H26ClNO6. The van der Waals surface area contributed by atoms with Gasteiger partial charge in [-0.25, -0.2) is 9.59 Å². The number of benzene rings is 1. The Labute approximate surface area is 190 Å². The first-order valence-electron chi connectivity index (χ1n) is 11.1. The molecule has 0 aliphatic heterocycles. The van der Waals surface area contributed by atoms with Crippen molar-refractivity contribution in [3.63, 3.8) is 0 Å². The summed E-state index contributed by atoms with van der Waals surface area (Å²) in [6.45, 7) is 1.94. The van der Waals surface area contributed by atoms with Gasteiger partial charge in [0, 0.05) is 33.6 Å². The Bertz CT molecular complexity index is 1130. The van der Waals surface area contributed by atoms with Gasteiger partial charge in [-0.3, -0.25) is 10.1 Å². The van der Waals surface area contributed by atoms with Gasteiger partial charge >= 0.3 is 17.7 Å². The average molecular weight is 460 g/mol. The number of hydrogen-bond acceptors (Lipinski definition) is 6. The van der Waals surface area contributed by atoms with Gasteiger partial charge in [-0.05, 0) is 69.4 Å². The van der Waals surface area contributed by atoms with Gasteiger partial charge in [0.15, 0.2) is 0 Å². The minimum absolute atomic E-state index is 0.0159. The summed E-state index contributed by atoms with van der Waals surface area (Å²) in [4.78, 5) is 36.7. The highest BCUT2D eigenvalue weighted by Crippen LogP contribution is 2.64. The fraction of sp³-hybridized carbons (Fsp3) is 0.542. The minimum atomic E-state index is -0.591. The topological polar surface area (TPSA) is 94.8 Å². The first-order valence-corrected chi connectivity index (χ1v) is 11.5. The van der Waals surface area contributed by atoms with Crippen LogP contribution in [-0.4, -0.2) is 23.5 Å². The molecule has 170 valence electrons. The van der Waals surface area contributed by atoms with Crippen LogP contribution in [0.4, 0.5) is 10.5 Å². The van der Waals surface area contributed by atoms with Crippen LogP contribution in [0.5, 0.6) is 0 Å². The Hall–Kier alpha value is -2.54. The van der Waals surface area contributed by atoms with E-state index in [9.17, 15) is 14.4 Å². The van der Waals surface area contributed by atoms with Crippen molar-refractivity contribution in [3.05, 3.63) is 40.2 Å². The molecule has 4 aliphatic carbocycles. The zero-order chi connectivity index (χ0) is 22.5. The number of halogens is 1. The first-order chi connectivity index (χ1) is 15.3. The molecular weight excluding hydrogens is 434 g/mol. The molecule has 4 saturated carbocycles. The summed E-state index contributed by atoms with van der Waals surface area (Å²) >= 11 is 6.85. The van der Waals surface area contributed by atoms with Crippen molar-refractivity contribution in [1.82, 2.24) is 0 Å². The predicted molar refractivity (Wildman–Crippen MR) is 119 cm³/mol. The number of rotatable bonds is 5. The van der Waals surface area contributed by atoms with E-state index in [-0.39, 0.29) is 24.1 Å². The zero-order valence-electron chi connectivity index (χ0n) is 17.9. The van der Waals surface area contributed by atoms with Crippen LogP contribution < -0.4 is 10.9 Å². The lowest BCUT2D eigenvalue weighted by molar-refractivity contribution is -0.171. The predicted octanol–water partition coefficient (Wildman–Crippen LogP) is 4.98. The number of carbonyl (C=O) groups is 2. The summed E-state index contributed by atoms with van der Waals surface area (Å²) in [5.74, 6) is 0.783. The van der Waals surface area contributed by atoms with E-state index in [2.05, 4.69) is 5.32 Å². The van der Waals surface area contributed by atoms with Crippen molar-refractivity contribution in [3.8, 4) is 0 Å². The largest absolute Gasteiger partial charge is 0.460 e. The quantitative estimate of drug-likeness (QED) is 0.385. The third-order valence-corrected chi connectivity index (χ3v) is 7.58. The molecule has 0 unspecified atom stereocenters. The van der Waals surface area contributed by atoms with E-state index in [4.69, 9.17) is 25.5 Å². The van der Waals surface area contributed by atoms with Crippen molar-refractivity contribution in [2.24, 2.45) is 17.3 Å². The van der Waals surface area contributed by atoms with Gasteiger partial charge in [0.2, 0.25) is 0 Å². The average Bonchev–Trinajstić information content (AvgIpc) is 2.69. The van der Waals surface area contributed by atoms with Crippen LogP contribution in [0.1, 0.15) is 51.0 Å². The summed E-state index contributed by atoms with van der Waals surface area (Å²) in [6.07, 6.45) is 4.92. The van der Waals surface area contributed by atoms with Gasteiger partial charge in [-0.15, -0.1) is 11.6 Å². The molecule has 1 aromatic carbocycles. The summed E-state index contributed by atoms with van der Waals surface area (Å²) in [6, 6.07) is 6.30. The highest BCUT2D eigenvalue weighted by Gasteiger charge is 2.60. The van der Waals surface area contributed by atoms with Crippen LogP contribution in [0, 0.1) is 17.3 Å². The van der Waals surface area contributed by atoms with Gasteiger partial charge in [0.25, 0.3) is 0 Å². The number of alkyl halides is 1. The molecule has 6 rings (SSSR count). The fourth-order valence-corrected chi connectivity index (χ4v) is 7.09. The van der Waals surface area contributed by atoms with Crippen molar-refractivity contribution in [2.75, 3.05) is 11.9 Å². The van der Waals surface area contributed by atoms with Crippen LogP contribution >= 0.6 is 11.6 Å². The lowest BCUT2D eigenvalue weighted by atomic mass is 9.49. The molecule has 4 fully saturated rings. The van der Waals surface area contributed by atoms with E-state index >= 15 is 0 Å². The van der Waals surface area contributed by atoms with Crippen LogP contribution in [0.3, 0.4) is 0 Å². The third kappa shape index (κ3) is 3.87. The van der Waals surface area contributed by atoms with Gasteiger partial charge in [0.1, 0.15) is 12.2 Å². The van der Waals surface area contributed by atoms with Crippen molar-refractivity contribution in [1.29, 1.82) is 0 Å². The van der Waals surface area contributed by atoms with E-state index in [1.54, 1.807) is 25.1 Å². The van der Waals surface area contributed by atoms with Gasteiger partial charge < -0.3 is 13.9 Å². The molecule has 1 aromatic heterocycles. The van der Waals surface area contributed by atoms with Crippen molar-refractivity contribution < 1.29 is 23.5 Å². The number of esters is 1. The number of carbonyl (C=O) groups excluding carboxylic acids is 2. The van der Waals surface area contributed by atoms with Gasteiger partial charge in [-0.1, -0.05) is 0 Å². The molecule has 2 atom stereocenters. The maximum Gasteiger partial charge on any atom is 0.411 e. The lowest BCUT2D eigenvalue weighted by Crippen LogP contribution is -2.56. The number of nitrogens with one attached hydrogen (secondary N) is 1. The highest BCUT2D eigenvalue weighted by atomic mass is 35.5. The Kier molecular flexibility index (Phi) is 5.19. The molecule has 0 radical (unpaired) electrons. The number of amides is 1. The van der Waals surface area contributed by atoms with E-state index in [0.717, 1.165) is 32.1 Å². The number of anilines is 1. The fourth-order valence-electron chi connectivity index (χ4n) is 6.40. The van der Waals surface area contributed by atoms with Gasteiger partial charge in [-0.2, -0.15) is 0 Å². The number of hydrogen-bond donors (Lipinski definition) is 1. The van der Waals surface area contributed by atoms with Crippen LogP contribution in [0.15, 0.2) is 33.5 Å². The molecule has 0 spiro atoms. The summed E-state index contributed by atoms with van der Waals surface area (Å²) in [7, 11) is 0. The molecule has 7 nitrogen and oxygen atoms in total. The normalized spacial score (nSPS) is 30.3. The van der Waals surface area contributed by atoms with Crippen molar-refractivity contribution >= 4 is 40.3 Å². The SMILES string of the molecule is CCOC(=O)Nc1ccc2c(COC(=O)C34C[C@H]5C[C@@H](CC(Cl)(C5)C3)C4)cc(=O)oc2c1. The van der Waals surface area contributed by atoms with Crippen molar-refractivity contribution in [2.45, 2.75) is 56.9 Å². The molecule has 4 aliphatic rings. The maximum atomic E-state index is 13.2. The Morgan fingerprint density at radius 2 is 1.91 bits per heavy atom. The van der Waals surface area contributed by atoms with Crippen LogP contribution in [0.25, 0.3) is 11.0 Å². The molecule has 1 amide bonds. The monoisotopic (exact) mass is 459 g/mol. The summed E-state index contributed by atoms with van der Waals surface area (Å²) in [5.41, 5.74) is 0.253. The van der Waals surface area contributed by atoms with E-state index in [1.165, 1.54) is 6.07 Å². The smallest absolute Gasteiger partial charge is 0.411 e. The summed E-state index contributed by atoms with van der Waals surface area (Å²) in [5, 5.41) is 3.23. The molecule has 2 aromatic rings. The van der Waals surface area contributed by atoms with Crippen LogP contribution in [0.2, 0.25) is 0 Å². The second-order valence-electron chi connectivity index (χ2n) is 9.62. The summed E-state index contributed by atoms with van der Waals surface area (Å²) < 4.78 is 15.9. The first kappa shape index (κ1) is 21.3. The molecule has 1 N–H and O–H groups in total. The molecule has 32 heavy (non-hydrogen) atoms. The third-order valence-electron chi connectivity index (χ3n) is 7.13. The second-order valence-corrected chi connectivity index (χ2v) is 10.4. The van der Waals surface area contributed by atoms with Crippen LogP contribution in [-0.2, 0) is 20.9 Å².